The number of unbranched alkanes of at least 4 members (excludes halogenated alkanes) is 1. The predicted octanol–water partition coefficient (Wildman–Crippen LogP) is 3.32. The lowest BCUT2D eigenvalue weighted by molar-refractivity contribution is -0.697. The fourth-order valence-corrected chi connectivity index (χ4v) is 7.58. The number of aryl methyl sites for hydroxylation is 2. The molecule has 33 heavy (non-hydrogen) atoms. The third-order valence-corrected chi connectivity index (χ3v) is 10.4. The predicted molar refractivity (Wildman–Crippen MR) is 94.4 cm³/mol. The molecule has 1 aromatic rings. The van der Waals surface area contributed by atoms with Gasteiger partial charge in [0.1, 0.15) is 6.54 Å². The molecule has 0 unspecified atom stereocenters. The molecule has 0 atom stereocenters. The molecule has 0 radical (unpaired) electrons. The van der Waals surface area contributed by atoms with Crippen molar-refractivity contribution in [3.63, 3.8) is 0 Å². The Morgan fingerprint density at radius 2 is 1.15 bits per heavy atom. The monoisotopic (exact) mass is 561 g/mol. The van der Waals surface area contributed by atoms with Gasteiger partial charge < -0.3 is 0 Å². The van der Waals surface area contributed by atoms with E-state index in [1.165, 1.54) is 18.4 Å². The third kappa shape index (κ3) is 7.43. The van der Waals surface area contributed by atoms with Crippen LogP contribution in [-0.4, -0.2) is 41.8 Å². The van der Waals surface area contributed by atoms with E-state index in [1.54, 1.807) is 0 Å². The van der Waals surface area contributed by atoms with Crippen LogP contribution in [0.15, 0.2) is 24.5 Å². The maximum Gasteiger partial charge on any atom is 0.470 e. The van der Waals surface area contributed by atoms with E-state index in [0.29, 0.717) is 0 Å². The summed E-state index contributed by atoms with van der Waals surface area (Å²) in [4.78, 5) is 0. The number of pyridine rings is 1. The normalized spacial score (nSPS) is 14.1. The summed E-state index contributed by atoms with van der Waals surface area (Å²) in [6, 6.07) is 4.23. The van der Waals surface area contributed by atoms with Crippen molar-refractivity contribution in [1.82, 2.24) is 0 Å². The summed E-state index contributed by atoms with van der Waals surface area (Å²) >= 11 is 0. The number of alkyl halides is 9. The van der Waals surface area contributed by atoms with Gasteiger partial charge in [-0.2, -0.15) is 39.5 Å². The van der Waals surface area contributed by atoms with Crippen LogP contribution in [0.1, 0.15) is 25.3 Å². The Bertz CT molecular complexity index is 1020. The minimum atomic E-state index is -8.02. The largest absolute Gasteiger partial charge is 0.470 e. The van der Waals surface area contributed by atoms with Crippen molar-refractivity contribution in [2.24, 2.45) is 0 Å². The first-order valence-electron chi connectivity index (χ1n) is 8.21. The number of hydrogen-bond acceptors (Lipinski definition) is 6. The van der Waals surface area contributed by atoms with Crippen molar-refractivity contribution in [2.75, 3.05) is 0 Å². The van der Waals surface area contributed by atoms with Crippen molar-refractivity contribution < 1.29 is 69.3 Å². The Kier molecular flexibility index (Phi) is 9.82. The molecule has 0 spiro atoms. The summed E-state index contributed by atoms with van der Waals surface area (Å²) in [6.45, 7) is 5.50. The molecule has 0 saturated heterocycles. The first-order chi connectivity index (χ1) is 14.4. The van der Waals surface area contributed by atoms with Crippen molar-refractivity contribution in [3.8, 4) is 0 Å². The highest BCUT2D eigenvalue weighted by atomic mass is 32.3. The lowest BCUT2D eigenvalue weighted by atomic mass is 10.3. The Morgan fingerprint density at radius 1 is 0.788 bits per heavy atom. The molecule has 1 aromatic heterocycles. The van der Waals surface area contributed by atoms with E-state index in [1.807, 2.05) is 0 Å². The highest BCUT2D eigenvalue weighted by Crippen LogP contribution is 2.47. The van der Waals surface area contributed by atoms with E-state index in [2.05, 4.69) is 42.9 Å². The number of nitrogens with zero attached hydrogens (tertiary/aromatic N) is 1. The highest BCUT2D eigenvalue weighted by molar-refractivity contribution is 8.29. The summed E-state index contributed by atoms with van der Waals surface area (Å²) in [7, 11) is -24.1. The molecule has 0 aromatic carbocycles. The van der Waals surface area contributed by atoms with E-state index in [4.69, 9.17) is 0 Å². The van der Waals surface area contributed by atoms with E-state index in [9.17, 15) is 64.8 Å². The summed E-state index contributed by atoms with van der Waals surface area (Å²) in [5.41, 5.74) is -19.8. The molecule has 1 rings (SSSR count). The minimum absolute atomic E-state index is 1.15. The van der Waals surface area contributed by atoms with Gasteiger partial charge in [-0.3, -0.25) is 25.3 Å². The SMILES string of the molecule is CCCC[n+]1cccc(C)c1.O=S(=O)([C-](S(=O)(=O)C(F)(F)F)S(=O)(=O)C(F)(F)F)C(F)(F)F. The van der Waals surface area contributed by atoms with Gasteiger partial charge in [-0.25, -0.2) is 4.57 Å². The molecule has 0 amide bonds. The van der Waals surface area contributed by atoms with Crippen LogP contribution in [-0.2, 0) is 36.1 Å². The molecule has 0 N–H and O–H groups in total. The zero-order chi connectivity index (χ0) is 26.7. The summed E-state index contributed by atoms with van der Waals surface area (Å²) in [5, 5.41) is 0. The Morgan fingerprint density at radius 3 is 1.42 bits per heavy atom. The number of rotatable bonds is 6. The van der Waals surface area contributed by atoms with Gasteiger partial charge >= 0.3 is 16.5 Å². The first kappa shape index (κ1) is 31.4. The second kappa shape index (κ2) is 10.3. The number of sulfone groups is 3. The highest BCUT2D eigenvalue weighted by Gasteiger charge is 2.63. The van der Waals surface area contributed by atoms with Gasteiger partial charge in [-0.05, 0) is 13.0 Å². The van der Waals surface area contributed by atoms with Gasteiger partial charge in [0.2, 0.25) is 0 Å². The van der Waals surface area contributed by atoms with Crippen LogP contribution >= 0.6 is 0 Å². The molecule has 0 aliphatic carbocycles. The fourth-order valence-electron chi connectivity index (χ4n) is 1.85. The molecular weight excluding hydrogens is 545 g/mol. The minimum Gasteiger partial charge on any atom is -0.251 e. The molecule has 0 aliphatic heterocycles. The van der Waals surface area contributed by atoms with Crippen molar-refractivity contribution in [2.45, 2.75) is 49.8 Å². The molecule has 0 bridgehead atoms. The molecule has 0 aliphatic rings. The molecule has 0 saturated carbocycles. The van der Waals surface area contributed by atoms with Gasteiger partial charge in [-0.15, -0.1) is 0 Å². The number of hydrogen-bond donors (Lipinski definition) is 0. The number of aromatic nitrogens is 1. The van der Waals surface area contributed by atoms with Crippen LogP contribution in [0.5, 0.6) is 0 Å². The Labute approximate surface area is 183 Å². The van der Waals surface area contributed by atoms with Crippen LogP contribution < -0.4 is 4.57 Å². The topological polar surface area (TPSA) is 106 Å². The quantitative estimate of drug-likeness (QED) is 0.300. The van der Waals surface area contributed by atoms with Crippen LogP contribution in [0, 0.1) is 10.8 Å². The fraction of sp³-hybridized carbons (Fsp3) is 0.571. The van der Waals surface area contributed by atoms with E-state index < -0.39 is 50.0 Å². The summed E-state index contributed by atoms with van der Waals surface area (Å²) in [6.07, 6.45) is 6.85. The second-order valence-corrected chi connectivity index (χ2v) is 12.5. The van der Waals surface area contributed by atoms with Crippen molar-refractivity contribution >= 4 is 29.5 Å². The van der Waals surface area contributed by atoms with Crippen LogP contribution in [0.25, 0.3) is 0 Å². The third-order valence-electron chi connectivity index (χ3n) is 3.35. The van der Waals surface area contributed by atoms with Gasteiger partial charge in [0, 0.05) is 18.1 Å². The first-order valence-corrected chi connectivity index (χ1v) is 12.7. The van der Waals surface area contributed by atoms with Gasteiger partial charge in [0.15, 0.2) is 41.9 Å². The Balaban J connectivity index is 0.000000771. The van der Waals surface area contributed by atoms with Crippen molar-refractivity contribution in [3.05, 3.63) is 34.0 Å². The lowest BCUT2D eigenvalue weighted by Gasteiger charge is -2.31. The Hall–Kier alpha value is -1.63. The van der Waals surface area contributed by atoms with Crippen LogP contribution in [0.4, 0.5) is 39.5 Å². The molecule has 194 valence electrons. The molecular formula is C14H16F9NO6S3. The molecule has 1 heterocycles. The molecule has 19 heteroatoms. The molecule has 0 fully saturated rings. The number of halogens is 9. The van der Waals surface area contributed by atoms with Crippen LogP contribution in [0.2, 0.25) is 0 Å². The van der Waals surface area contributed by atoms with Gasteiger partial charge in [0.05, 0.1) is 3.91 Å². The zero-order valence-electron chi connectivity index (χ0n) is 16.5. The van der Waals surface area contributed by atoms with Gasteiger partial charge in [-0.1, -0.05) is 13.3 Å². The summed E-state index contributed by atoms with van der Waals surface area (Å²) < 4.78 is 170. The van der Waals surface area contributed by atoms with E-state index in [-0.39, 0.29) is 0 Å². The van der Waals surface area contributed by atoms with Crippen LogP contribution in [0.3, 0.4) is 0 Å². The molecule has 7 nitrogen and oxygen atoms in total. The lowest BCUT2D eigenvalue weighted by Crippen LogP contribution is -2.47. The van der Waals surface area contributed by atoms with E-state index in [0.717, 1.165) is 6.54 Å². The summed E-state index contributed by atoms with van der Waals surface area (Å²) in [5.74, 6) is 0. The average Bonchev–Trinajstić information content (AvgIpc) is 2.57. The van der Waals surface area contributed by atoms with Gasteiger partial charge in [0.25, 0.3) is 0 Å². The van der Waals surface area contributed by atoms with E-state index >= 15 is 0 Å². The average molecular weight is 561 g/mol. The second-order valence-electron chi connectivity index (χ2n) is 6.07. The standard InChI is InChI=1S/C10H16N.C4F9O6S3/c1-3-4-7-11-8-5-6-10(2)9-11;5-2(6,7)20(14,15)1(21(16,17)3(8,9)10)22(18,19)4(11,12)13/h5-6,8-9H,3-4,7H2,1-2H3;/q+1;-1. The smallest absolute Gasteiger partial charge is 0.251 e. The maximum absolute atomic E-state index is 12.0. The maximum atomic E-state index is 12.0. The van der Waals surface area contributed by atoms with Crippen molar-refractivity contribution in [1.29, 1.82) is 0 Å². The zero-order valence-corrected chi connectivity index (χ0v) is 18.9.